The van der Waals surface area contributed by atoms with Crippen molar-refractivity contribution in [3.63, 3.8) is 0 Å². The van der Waals surface area contributed by atoms with E-state index in [4.69, 9.17) is 5.11 Å². The minimum absolute atomic E-state index is 0.283. The highest BCUT2D eigenvalue weighted by Gasteiger charge is 2.15. The lowest BCUT2D eigenvalue weighted by Gasteiger charge is -2.23. The van der Waals surface area contributed by atoms with E-state index in [2.05, 4.69) is 6.58 Å². The smallest absolute Gasteiger partial charge is 0.303 e. The quantitative estimate of drug-likeness (QED) is 0.684. The van der Waals surface area contributed by atoms with Gasteiger partial charge in [0.05, 0.1) is 0 Å². The van der Waals surface area contributed by atoms with Crippen LogP contribution in [0.1, 0.15) is 51.4 Å². The van der Waals surface area contributed by atoms with E-state index in [9.17, 15) is 4.79 Å². The molecule has 0 aromatic rings. The first-order valence-electron chi connectivity index (χ1n) is 5.59. The predicted molar refractivity (Wildman–Crippen MR) is 57.2 cm³/mol. The highest BCUT2D eigenvalue weighted by atomic mass is 16.4. The fourth-order valence-electron chi connectivity index (χ4n) is 2.18. The molecule has 1 rings (SSSR count). The van der Waals surface area contributed by atoms with Crippen LogP contribution in [0.25, 0.3) is 0 Å². The molecule has 0 spiro atoms. The summed E-state index contributed by atoms with van der Waals surface area (Å²) in [7, 11) is 0. The molecule has 0 aromatic carbocycles. The predicted octanol–water partition coefficient (Wildman–Crippen LogP) is 3.38. The van der Waals surface area contributed by atoms with Gasteiger partial charge in [-0.05, 0) is 31.6 Å². The van der Waals surface area contributed by atoms with Gasteiger partial charge in [-0.25, -0.2) is 0 Å². The van der Waals surface area contributed by atoms with Gasteiger partial charge in [0, 0.05) is 6.42 Å². The van der Waals surface area contributed by atoms with Gasteiger partial charge < -0.3 is 5.11 Å². The standard InChI is InChI=1S/C12H20O2/c1-10(6-5-9-12(13)14)11-7-3-2-4-8-11/h11H,1-9H2,(H,13,14). The lowest BCUT2D eigenvalue weighted by molar-refractivity contribution is -0.137. The van der Waals surface area contributed by atoms with Gasteiger partial charge in [0.2, 0.25) is 0 Å². The molecule has 14 heavy (non-hydrogen) atoms. The first-order valence-corrected chi connectivity index (χ1v) is 5.59. The summed E-state index contributed by atoms with van der Waals surface area (Å²) in [6.07, 6.45) is 8.48. The van der Waals surface area contributed by atoms with Crippen molar-refractivity contribution in [2.75, 3.05) is 0 Å². The SMILES string of the molecule is C=C(CCCC(=O)O)C1CCCCC1. The second kappa shape index (κ2) is 5.84. The molecule has 0 amide bonds. The zero-order chi connectivity index (χ0) is 10.4. The number of hydrogen-bond donors (Lipinski definition) is 1. The molecule has 0 radical (unpaired) electrons. The van der Waals surface area contributed by atoms with Crippen LogP contribution in [0.3, 0.4) is 0 Å². The first-order chi connectivity index (χ1) is 6.70. The van der Waals surface area contributed by atoms with E-state index in [1.165, 1.54) is 37.7 Å². The van der Waals surface area contributed by atoms with Gasteiger partial charge in [0.15, 0.2) is 0 Å². The van der Waals surface area contributed by atoms with Gasteiger partial charge in [0.1, 0.15) is 0 Å². The van der Waals surface area contributed by atoms with Gasteiger partial charge in [-0.3, -0.25) is 4.79 Å². The number of rotatable bonds is 5. The van der Waals surface area contributed by atoms with Gasteiger partial charge in [-0.15, -0.1) is 0 Å². The molecule has 1 saturated carbocycles. The summed E-state index contributed by atoms with van der Waals surface area (Å²) in [5, 5.41) is 8.51. The summed E-state index contributed by atoms with van der Waals surface area (Å²) in [6, 6.07) is 0. The van der Waals surface area contributed by atoms with Crippen molar-refractivity contribution in [1.29, 1.82) is 0 Å². The number of aliphatic carboxylic acids is 1. The Morgan fingerprint density at radius 2 is 1.86 bits per heavy atom. The zero-order valence-corrected chi connectivity index (χ0v) is 8.80. The molecule has 0 atom stereocenters. The summed E-state index contributed by atoms with van der Waals surface area (Å²) in [5.74, 6) is -0.0148. The van der Waals surface area contributed by atoms with E-state index < -0.39 is 5.97 Å². The Labute approximate surface area is 86.0 Å². The molecule has 2 nitrogen and oxygen atoms in total. The minimum Gasteiger partial charge on any atom is -0.481 e. The first kappa shape index (κ1) is 11.3. The summed E-state index contributed by atoms with van der Waals surface area (Å²) >= 11 is 0. The van der Waals surface area contributed by atoms with E-state index in [1.807, 2.05) is 0 Å². The summed E-state index contributed by atoms with van der Waals surface area (Å²) in [4.78, 5) is 10.3. The lowest BCUT2D eigenvalue weighted by Crippen LogP contribution is -2.08. The highest BCUT2D eigenvalue weighted by Crippen LogP contribution is 2.30. The van der Waals surface area contributed by atoms with Gasteiger partial charge in [0.25, 0.3) is 0 Å². The summed E-state index contributed by atoms with van der Waals surface area (Å²) < 4.78 is 0. The molecule has 0 bridgehead atoms. The molecular weight excluding hydrogens is 176 g/mol. The Hall–Kier alpha value is -0.790. The van der Waals surface area contributed by atoms with E-state index >= 15 is 0 Å². The van der Waals surface area contributed by atoms with Crippen molar-refractivity contribution in [2.45, 2.75) is 51.4 Å². The van der Waals surface area contributed by atoms with Crippen molar-refractivity contribution in [1.82, 2.24) is 0 Å². The van der Waals surface area contributed by atoms with E-state index in [1.54, 1.807) is 0 Å². The number of carbonyl (C=O) groups is 1. The van der Waals surface area contributed by atoms with Gasteiger partial charge in [-0.1, -0.05) is 31.4 Å². The second-order valence-corrected chi connectivity index (χ2v) is 4.24. The summed E-state index contributed by atoms with van der Waals surface area (Å²) in [6.45, 7) is 4.08. The fourth-order valence-corrected chi connectivity index (χ4v) is 2.18. The Morgan fingerprint density at radius 1 is 1.21 bits per heavy atom. The lowest BCUT2D eigenvalue weighted by atomic mass is 9.83. The molecule has 0 heterocycles. The van der Waals surface area contributed by atoms with Crippen LogP contribution < -0.4 is 0 Å². The largest absolute Gasteiger partial charge is 0.481 e. The number of carboxylic acid groups (broad SMARTS) is 1. The summed E-state index contributed by atoms with van der Waals surface area (Å²) in [5.41, 5.74) is 1.28. The second-order valence-electron chi connectivity index (χ2n) is 4.24. The van der Waals surface area contributed by atoms with Crippen LogP contribution in [-0.4, -0.2) is 11.1 Å². The van der Waals surface area contributed by atoms with Crippen LogP contribution >= 0.6 is 0 Å². The molecule has 0 unspecified atom stereocenters. The van der Waals surface area contributed by atoms with Crippen LogP contribution in [0, 0.1) is 5.92 Å². The zero-order valence-electron chi connectivity index (χ0n) is 8.80. The molecule has 2 heteroatoms. The van der Waals surface area contributed by atoms with Crippen molar-refractivity contribution in [3.05, 3.63) is 12.2 Å². The molecular formula is C12H20O2. The molecule has 1 fully saturated rings. The molecule has 0 aliphatic heterocycles. The molecule has 0 saturated heterocycles. The maximum atomic E-state index is 10.3. The Kier molecular flexibility index (Phi) is 4.71. The van der Waals surface area contributed by atoms with Crippen LogP contribution in [0.4, 0.5) is 0 Å². The monoisotopic (exact) mass is 196 g/mol. The Morgan fingerprint density at radius 3 is 2.43 bits per heavy atom. The molecule has 0 aromatic heterocycles. The van der Waals surface area contributed by atoms with Crippen LogP contribution in [0.15, 0.2) is 12.2 Å². The third-order valence-electron chi connectivity index (χ3n) is 3.07. The Bertz CT molecular complexity index is 202. The number of carboxylic acids is 1. The van der Waals surface area contributed by atoms with Crippen molar-refractivity contribution >= 4 is 5.97 Å². The Balaban J connectivity index is 2.16. The van der Waals surface area contributed by atoms with E-state index in [-0.39, 0.29) is 6.42 Å². The van der Waals surface area contributed by atoms with Crippen LogP contribution in [0.2, 0.25) is 0 Å². The number of hydrogen-bond acceptors (Lipinski definition) is 1. The normalized spacial score (nSPS) is 18.0. The maximum absolute atomic E-state index is 10.3. The van der Waals surface area contributed by atoms with Crippen LogP contribution in [0.5, 0.6) is 0 Å². The van der Waals surface area contributed by atoms with Crippen molar-refractivity contribution in [2.24, 2.45) is 5.92 Å². The third kappa shape index (κ3) is 3.95. The average Bonchev–Trinajstić information content (AvgIpc) is 2.18. The van der Waals surface area contributed by atoms with Gasteiger partial charge in [-0.2, -0.15) is 0 Å². The van der Waals surface area contributed by atoms with E-state index in [0.29, 0.717) is 5.92 Å². The molecule has 1 N–H and O–H groups in total. The molecule has 1 aliphatic carbocycles. The topological polar surface area (TPSA) is 37.3 Å². The fraction of sp³-hybridized carbons (Fsp3) is 0.750. The van der Waals surface area contributed by atoms with Crippen molar-refractivity contribution < 1.29 is 9.90 Å². The highest BCUT2D eigenvalue weighted by molar-refractivity contribution is 5.66. The van der Waals surface area contributed by atoms with Crippen molar-refractivity contribution in [3.8, 4) is 0 Å². The van der Waals surface area contributed by atoms with Gasteiger partial charge >= 0.3 is 5.97 Å². The number of allylic oxidation sites excluding steroid dienone is 1. The molecule has 1 aliphatic rings. The third-order valence-corrected chi connectivity index (χ3v) is 3.07. The minimum atomic E-state index is -0.693. The molecule has 80 valence electrons. The average molecular weight is 196 g/mol. The van der Waals surface area contributed by atoms with Crippen LogP contribution in [-0.2, 0) is 4.79 Å². The van der Waals surface area contributed by atoms with E-state index in [0.717, 1.165) is 12.8 Å². The maximum Gasteiger partial charge on any atom is 0.303 e.